The van der Waals surface area contributed by atoms with Crippen molar-refractivity contribution in [3.05, 3.63) is 0 Å². The molecule has 39 heavy (non-hydrogen) atoms. The Balaban J connectivity index is 4.01. The maximum atomic E-state index is 12.2. The van der Waals surface area contributed by atoms with E-state index in [0.29, 0.717) is 18.4 Å². The molecule has 0 spiro atoms. The Labute approximate surface area is 249 Å². The van der Waals surface area contributed by atoms with Gasteiger partial charge in [-0.3, -0.25) is 13.8 Å². The Hall–Kier alpha value is 0.0200. The van der Waals surface area contributed by atoms with E-state index in [1.807, 2.05) is 0 Å². The molecule has 0 radical (unpaired) electrons. The summed E-state index contributed by atoms with van der Waals surface area (Å²) in [5, 5.41) is 3.33. The third-order valence-electron chi connectivity index (χ3n) is 6.89. The highest BCUT2D eigenvalue weighted by Gasteiger charge is 2.23. The van der Waals surface area contributed by atoms with Crippen LogP contribution in [0, 0.1) is 0 Å². The van der Waals surface area contributed by atoms with Crippen LogP contribution >= 0.6 is 23.8 Å². The summed E-state index contributed by atoms with van der Waals surface area (Å²) in [5.74, 6) is -0.0187. The molecular weight excluding hydrogens is 581 g/mol. The minimum absolute atomic E-state index is 0.0187. The molecule has 0 aromatic rings. The molecule has 0 rings (SSSR count). The minimum Gasteiger partial charge on any atom is -0.374 e. The first kappa shape index (κ1) is 39.0. The number of alkyl halides is 1. The van der Waals surface area contributed by atoms with Gasteiger partial charge < -0.3 is 14.9 Å². The van der Waals surface area contributed by atoms with E-state index in [0.717, 1.165) is 32.1 Å². The molecule has 7 nitrogen and oxygen atoms in total. The van der Waals surface area contributed by atoms with Gasteiger partial charge in [0.25, 0.3) is 0 Å². The lowest BCUT2D eigenvalue weighted by atomic mass is 10.0. The van der Waals surface area contributed by atoms with E-state index >= 15 is 0 Å². The third-order valence-corrected chi connectivity index (χ3v) is 8.20. The van der Waals surface area contributed by atoms with Crippen molar-refractivity contribution < 1.29 is 28.0 Å². The molecule has 0 heterocycles. The van der Waals surface area contributed by atoms with E-state index in [4.69, 9.17) is 13.8 Å². The van der Waals surface area contributed by atoms with Crippen LogP contribution in [0.15, 0.2) is 0 Å². The van der Waals surface area contributed by atoms with E-state index in [-0.39, 0.29) is 25.7 Å². The summed E-state index contributed by atoms with van der Waals surface area (Å²) >= 11 is 3.16. The number of carbonyl (C=O) groups is 1. The van der Waals surface area contributed by atoms with E-state index in [2.05, 4.69) is 35.1 Å². The fourth-order valence-electron chi connectivity index (χ4n) is 4.46. The number of phosphoric ester groups is 1. The first-order chi connectivity index (χ1) is 18.9. The number of nitrogens with one attached hydrogen (secondary N) is 1. The number of rotatable bonds is 31. The molecule has 0 aliphatic heterocycles. The summed E-state index contributed by atoms with van der Waals surface area (Å²) in [6.45, 7) is 5.20. The zero-order valence-electron chi connectivity index (χ0n) is 25.3. The van der Waals surface area contributed by atoms with Crippen LogP contribution in [0.3, 0.4) is 0 Å². The normalized spacial score (nSPS) is 13.8. The van der Waals surface area contributed by atoms with E-state index in [9.17, 15) is 14.3 Å². The van der Waals surface area contributed by atoms with Crippen molar-refractivity contribution in [2.75, 3.05) is 31.7 Å². The molecule has 9 heteroatoms. The number of carbonyl (C=O) groups excluding carboxylic acids is 1. The Kier molecular flexibility index (Phi) is 29.5. The van der Waals surface area contributed by atoms with Gasteiger partial charge in [-0.05, 0) is 12.8 Å². The van der Waals surface area contributed by atoms with E-state index in [1.165, 1.54) is 96.3 Å². The summed E-state index contributed by atoms with van der Waals surface area (Å²) in [5.41, 5.74) is 0. The van der Waals surface area contributed by atoms with Crippen molar-refractivity contribution in [3.8, 4) is 0 Å². The maximum absolute atomic E-state index is 12.2. The molecular formula is C30H61BrNO6P. The van der Waals surface area contributed by atoms with Gasteiger partial charge in [-0.2, -0.15) is 0 Å². The van der Waals surface area contributed by atoms with Crippen LogP contribution in [-0.2, 0) is 23.1 Å². The minimum atomic E-state index is -4.14. The molecule has 0 aliphatic rings. The molecule has 234 valence electrons. The first-order valence-corrected chi connectivity index (χ1v) is 18.6. The highest BCUT2D eigenvalue weighted by molar-refractivity contribution is 9.09. The van der Waals surface area contributed by atoms with Crippen molar-refractivity contribution in [3.63, 3.8) is 0 Å². The highest BCUT2D eigenvalue weighted by atomic mass is 79.9. The molecule has 1 amide bonds. The van der Waals surface area contributed by atoms with Crippen LogP contribution in [0.4, 0.5) is 0 Å². The van der Waals surface area contributed by atoms with Gasteiger partial charge in [0.15, 0.2) is 0 Å². The largest absolute Gasteiger partial charge is 0.472 e. The Bertz CT molecular complexity index is 584. The van der Waals surface area contributed by atoms with Gasteiger partial charge in [-0.25, -0.2) is 4.57 Å². The van der Waals surface area contributed by atoms with Crippen molar-refractivity contribution in [1.82, 2.24) is 5.32 Å². The number of hydrogen-bond acceptors (Lipinski definition) is 5. The molecule has 0 saturated carbocycles. The molecule has 0 saturated heterocycles. The first-order valence-electron chi connectivity index (χ1n) is 16.0. The molecule has 2 unspecified atom stereocenters. The third kappa shape index (κ3) is 29.3. The van der Waals surface area contributed by atoms with Crippen LogP contribution in [0.5, 0.6) is 0 Å². The summed E-state index contributed by atoms with van der Waals surface area (Å²) in [6.07, 6.45) is 25.1. The van der Waals surface area contributed by atoms with Gasteiger partial charge >= 0.3 is 7.82 Å². The zero-order valence-corrected chi connectivity index (χ0v) is 27.8. The van der Waals surface area contributed by atoms with Crippen LogP contribution < -0.4 is 5.32 Å². The van der Waals surface area contributed by atoms with Gasteiger partial charge in [0.2, 0.25) is 5.91 Å². The number of phosphoric acid groups is 1. The lowest BCUT2D eigenvalue weighted by Gasteiger charge is -2.20. The topological polar surface area (TPSA) is 94.1 Å². The highest BCUT2D eigenvalue weighted by Crippen LogP contribution is 2.43. The number of ether oxygens (including phenoxy) is 1. The van der Waals surface area contributed by atoms with Crippen molar-refractivity contribution >= 4 is 29.7 Å². The SMILES string of the molecule is CCCCCCCCCCCCCCCCCOC(CNC(=O)CCCCCCC)COP(=O)(O)OCCBr. The second kappa shape index (κ2) is 29.5. The smallest absolute Gasteiger partial charge is 0.374 e. The Morgan fingerprint density at radius 3 is 1.67 bits per heavy atom. The zero-order chi connectivity index (χ0) is 28.9. The molecule has 0 aliphatic carbocycles. The van der Waals surface area contributed by atoms with Crippen LogP contribution in [0.1, 0.15) is 149 Å². The molecule has 0 aromatic carbocycles. The summed E-state index contributed by atoms with van der Waals surface area (Å²) in [4.78, 5) is 22.0. The van der Waals surface area contributed by atoms with Gasteiger partial charge in [-0.1, -0.05) is 145 Å². The van der Waals surface area contributed by atoms with Gasteiger partial charge in [-0.15, -0.1) is 0 Å². The fourth-order valence-corrected chi connectivity index (χ4v) is 5.62. The Morgan fingerprint density at radius 2 is 1.18 bits per heavy atom. The number of amides is 1. The van der Waals surface area contributed by atoms with Crippen molar-refractivity contribution in [2.45, 2.75) is 155 Å². The predicted molar refractivity (Wildman–Crippen MR) is 167 cm³/mol. The average molecular weight is 643 g/mol. The summed E-state index contributed by atoms with van der Waals surface area (Å²) in [6, 6.07) is 0. The molecule has 0 bridgehead atoms. The number of hydrogen-bond donors (Lipinski definition) is 2. The predicted octanol–water partition coefficient (Wildman–Crippen LogP) is 9.25. The van der Waals surface area contributed by atoms with Gasteiger partial charge in [0.1, 0.15) is 0 Å². The maximum Gasteiger partial charge on any atom is 0.472 e. The second-order valence-corrected chi connectivity index (χ2v) is 12.9. The standard InChI is InChI=1S/C30H61BrNO6P/c1-3-5-7-9-10-11-12-13-14-15-16-17-18-20-22-25-36-29(28-38-39(34,35)37-26-24-31)27-32-30(33)23-21-19-8-6-4-2/h29H,3-28H2,1-2H3,(H,32,33)(H,34,35). The van der Waals surface area contributed by atoms with E-state index in [1.54, 1.807) is 0 Å². The molecule has 2 atom stereocenters. The van der Waals surface area contributed by atoms with Gasteiger partial charge in [0.05, 0.1) is 19.3 Å². The van der Waals surface area contributed by atoms with Crippen LogP contribution in [0.2, 0.25) is 0 Å². The van der Waals surface area contributed by atoms with Crippen molar-refractivity contribution in [2.24, 2.45) is 0 Å². The quantitative estimate of drug-likeness (QED) is 0.0445. The Morgan fingerprint density at radius 1 is 0.718 bits per heavy atom. The van der Waals surface area contributed by atoms with Gasteiger partial charge in [0, 0.05) is 24.9 Å². The second-order valence-electron chi connectivity index (χ2n) is 10.7. The van der Waals surface area contributed by atoms with Crippen LogP contribution in [0.25, 0.3) is 0 Å². The average Bonchev–Trinajstić information content (AvgIpc) is 2.92. The monoisotopic (exact) mass is 641 g/mol. The summed E-state index contributed by atoms with van der Waals surface area (Å²) in [7, 11) is -4.14. The van der Waals surface area contributed by atoms with Crippen molar-refractivity contribution in [1.29, 1.82) is 0 Å². The lowest BCUT2D eigenvalue weighted by molar-refractivity contribution is -0.122. The lowest BCUT2D eigenvalue weighted by Crippen LogP contribution is -2.36. The number of halogens is 1. The number of unbranched alkanes of at least 4 members (excludes halogenated alkanes) is 18. The molecule has 0 fully saturated rings. The molecule has 2 N–H and O–H groups in total. The van der Waals surface area contributed by atoms with Crippen LogP contribution in [-0.4, -0.2) is 48.6 Å². The molecule has 0 aromatic heterocycles. The van der Waals surface area contributed by atoms with E-state index < -0.39 is 13.9 Å². The summed E-state index contributed by atoms with van der Waals surface area (Å²) < 4.78 is 27.9. The fraction of sp³-hybridized carbons (Fsp3) is 0.967.